The van der Waals surface area contributed by atoms with Crippen molar-refractivity contribution in [3.63, 3.8) is 0 Å². The van der Waals surface area contributed by atoms with Crippen LogP contribution in [0.25, 0.3) is 5.69 Å². The SMILES string of the molecule is NS(=O)(=O)c1ccccc1S(=O)(=O)Nc1cc(-n2cccc2)ccc1F. The number of nitrogens with zero attached hydrogens (tertiary/aromatic N) is 1. The lowest BCUT2D eigenvalue weighted by atomic mass is 10.2. The molecule has 0 bridgehead atoms. The molecule has 1 aromatic heterocycles. The number of anilines is 1. The van der Waals surface area contributed by atoms with Crippen molar-refractivity contribution >= 4 is 25.7 Å². The van der Waals surface area contributed by atoms with E-state index >= 15 is 0 Å². The molecule has 136 valence electrons. The number of hydrogen-bond donors (Lipinski definition) is 2. The molecule has 0 amide bonds. The minimum Gasteiger partial charge on any atom is -0.324 e. The summed E-state index contributed by atoms with van der Waals surface area (Å²) in [7, 11) is -8.67. The predicted octanol–water partition coefficient (Wildman–Crippen LogP) is 2.06. The first-order valence-electron chi connectivity index (χ1n) is 7.26. The number of halogens is 1. The monoisotopic (exact) mass is 395 g/mol. The Labute approximate surface area is 150 Å². The highest BCUT2D eigenvalue weighted by molar-refractivity contribution is 7.94. The standard InChI is InChI=1S/C16H14FN3O4S2/c17-13-8-7-12(20-9-3-4-10-20)11-14(13)19-26(23,24)16-6-2-1-5-15(16)25(18,21)22/h1-11,19H,(H2,18,21,22). The number of nitrogens with two attached hydrogens (primary N) is 1. The summed E-state index contributed by atoms with van der Waals surface area (Å²) in [5.41, 5.74) is 0.203. The molecule has 0 radical (unpaired) electrons. The Morgan fingerprint density at radius 3 is 2.12 bits per heavy atom. The van der Waals surface area contributed by atoms with Gasteiger partial charge in [0, 0.05) is 18.1 Å². The van der Waals surface area contributed by atoms with Gasteiger partial charge < -0.3 is 4.57 Å². The Morgan fingerprint density at radius 1 is 0.885 bits per heavy atom. The molecule has 3 N–H and O–H groups in total. The zero-order valence-electron chi connectivity index (χ0n) is 13.2. The molecule has 3 rings (SSSR count). The number of aromatic nitrogens is 1. The molecule has 26 heavy (non-hydrogen) atoms. The van der Waals surface area contributed by atoms with Gasteiger partial charge in [-0.05, 0) is 42.5 Å². The molecule has 1 heterocycles. The van der Waals surface area contributed by atoms with Gasteiger partial charge in [-0.1, -0.05) is 12.1 Å². The molecule has 0 atom stereocenters. The molecule has 0 fully saturated rings. The summed E-state index contributed by atoms with van der Waals surface area (Å²) >= 11 is 0. The fourth-order valence-electron chi connectivity index (χ4n) is 2.37. The van der Waals surface area contributed by atoms with Crippen LogP contribution in [0, 0.1) is 5.82 Å². The van der Waals surface area contributed by atoms with Crippen molar-refractivity contribution in [1.82, 2.24) is 4.57 Å². The number of rotatable bonds is 5. The van der Waals surface area contributed by atoms with Gasteiger partial charge in [0.05, 0.1) is 5.69 Å². The van der Waals surface area contributed by atoms with Gasteiger partial charge in [-0.3, -0.25) is 4.72 Å². The third-order valence-electron chi connectivity index (χ3n) is 3.54. The fourth-order valence-corrected chi connectivity index (χ4v) is 4.81. The van der Waals surface area contributed by atoms with Crippen LogP contribution < -0.4 is 9.86 Å². The molecule has 0 saturated carbocycles. The Morgan fingerprint density at radius 2 is 1.50 bits per heavy atom. The predicted molar refractivity (Wildman–Crippen MR) is 94.4 cm³/mol. The molecule has 2 aromatic carbocycles. The van der Waals surface area contributed by atoms with Gasteiger partial charge in [-0.25, -0.2) is 26.4 Å². The Bertz CT molecular complexity index is 1160. The second-order valence-corrected chi connectivity index (χ2v) is 8.53. The van der Waals surface area contributed by atoms with Gasteiger partial charge in [-0.15, -0.1) is 0 Å². The quantitative estimate of drug-likeness (QED) is 0.689. The van der Waals surface area contributed by atoms with Crippen LogP contribution in [-0.2, 0) is 20.0 Å². The highest BCUT2D eigenvalue weighted by Gasteiger charge is 2.25. The van der Waals surface area contributed by atoms with Crippen LogP contribution in [0.5, 0.6) is 0 Å². The minimum absolute atomic E-state index is 0.319. The minimum atomic E-state index is -4.39. The van der Waals surface area contributed by atoms with Gasteiger partial charge in [0.15, 0.2) is 0 Å². The summed E-state index contributed by atoms with van der Waals surface area (Å²) in [6.45, 7) is 0. The van der Waals surface area contributed by atoms with E-state index in [0.29, 0.717) is 5.69 Å². The van der Waals surface area contributed by atoms with E-state index in [1.807, 2.05) is 0 Å². The van der Waals surface area contributed by atoms with E-state index in [4.69, 9.17) is 5.14 Å². The lowest BCUT2D eigenvalue weighted by Gasteiger charge is -2.13. The summed E-state index contributed by atoms with van der Waals surface area (Å²) in [4.78, 5) is -1.14. The van der Waals surface area contributed by atoms with E-state index in [9.17, 15) is 21.2 Å². The van der Waals surface area contributed by atoms with E-state index in [1.54, 1.807) is 29.1 Å². The summed E-state index contributed by atoms with van der Waals surface area (Å²) in [6, 6.07) is 12.2. The number of primary sulfonamides is 1. The van der Waals surface area contributed by atoms with E-state index in [0.717, 1.165) is 18.2 Å². The fraction of sp³-hybridized carbons (Fsp3) is 0. The van der Waals surface area contributed by atoms with Crippen molar-refractivity contribution in [2.75, 3.05) is 4.72 Å². The van der Waals surface area contributed by atoms with Crippen LogP contribution in [0.15, 0.2) is 76.8 Å². The summed E-state index contributed by atoms with van der Waals surface area (Å²) in [6.07, 6.45) is 3.42. The van der Waals surface area contributed by atoms with Gasteiger partial charge >= 0.3 is 0 Å². The Kier molecular flexibility index (Phi) is 4.57. The molecule has 10 heteroatoms. The maximum atomic E-state index is 14.1. The molecule has 3 aromatic rings. The van der Waals surface area contributed by atoms with Crippen molar-refractivity contribution in [3.05, 3.63) is 72.8 Å². The molecule has 0 saturated heterocycles. The van der Waals surface area contributed by atoms with Crippen LogP contribution in [-0.4, -0.2) is 21.4 Å². The molecule has 0 aliphatic heterocycles. The average Bonchev–Trinajstić information content (AvgIpc) is 3.10. The van der Waals surface area contributed by atoms with Crippen molar-refractivity contribution in [1.29, 1.82) is 0 Å². The summed E-state index contributed by atoms with van der Waals surface area (Å²) < 4.78 is 66.4. The normalized spacial score (nSPS) is 12.1. The number of nitrogens with one attached hydrogen (secondary N) is 1. The third kappa shape index (κ3) is 3.62. The molecule has 0 unspecified atom stereocenters. The zero-order valence-corrected chi connectivity index (χ0v) is 14.8. The lowest BCUT2D eigenvalue weighted by molar-refractivity contribution is 0.585. The average molecular weight is 395 g/mol. The molecular weight excluding hydrogens is 381 g/mol. The first kappa shape index (κ1) is 18.1. The van der Waals surface area contributed by atoms with Gasteiger partial charge in [-0.2, -0.15) is 0 Å². The van der Waals surface area contributed by atoms with E-state index in [-0.39, 0.29) is 5.69 Å². The summed E-state index contributed by atoms with van der Waals surface area (Å²) in [5, 5.41) is 5.07. The maximum Gasteiger partial charge on any atom is 0.263 e. The topological polar surface area (TPSA) is 111 Å². The van der Waals surface area contributed by atoms with Crippen molar-refractivity contribution in [2.24, 2.45) is 5.14 Å². The second-order valence-electron chi connectivity index (χ2n) is 5.35. The van der Waals surface area contributed by atoms with Crippen molar-refractivity contribution in [2.45, 2.75) is 9.79 Å². The zero-order chi connectivity index (χ0) is 18.9. The first-order chi connectivity index (χ1) is 12.2. The Hall–Kier alpha value is -2.69. The van der Waals surface area contributed by atoms with Gasteiger partial charge in [0.2, 0.25) is 10.0 Å². The number of hydrogen-bond acceptors (Lipinski definition) is 4. The largest absolute Gasteiger partial charge is 0.324 e. The van der Waals surface area contributed by atoms with E-state index in [2.05, 4.69) is 4.72 Å². The maximum absolute atomic E-state index is 14.1. The van der Waals surface area contributed by atoms with Crippen molar-refractivity contribution in [3.8, 4) is 5.69 Å². The number of sulfonamides is 2. The smallest absolute Gasteiger partial charge is 0.263 e. The summed E-state index contributed by atoms with van der Waals surface area (Å²) in [5.74, 6) is -0.808. The van der Waals surface area contributed by atoms with Crippen LogP contribution >= 0.6 is 0 Å². The number of benzene rings is 2. The Balaban J connectivity index is 2.06. The molecule has 0 aliphatic carbocycles. The van der Waals surface area contributed by atoms with Crippen LogP contribution in [0.1, 0.15) is 0 Å². The van der Waals surface area contributed by atoms with Crippen LogP contribution in [0.4, 0.5) is 10.1 Å². The van der Waals surface area contributed by atoms with Crippen LogP contribution in [0.2, 0.25) is 0 Å². The first-order valence-corrected chi connectivity index (χ1v) is 10.3. The van der Waals surface area contributed by atoms with Crippen molar-refractivity contribution < 1.29 is 21.2 Å². The third-order valence-corrected chi connectivity index (χ3v) is 6.06. The van der Waals surface area contributed by atoms with E-state index < -0.39 is 35.7 Å². The second kappa shape index (κ2) is 6.56. The van der Waals surface area contributed by atoms with Gasteiger partial charge in [0.25, 0.3) is 10.0 Å². The van der Waals surface area contributed by atoms with Gasteiger partial charge in [0.1, 0.15) is 15.6 Å². The lowest BCUT2D eigenvalue weighted by Crippen LogP contribution is -2.20. The highest BCUT2D eigenvalue weighted by atomic mass is 32.2. The molecule has 0 aliphatic rings. The molecular formula is C16H14FN3O4S2. The highest BCUT2D eigenvalue weighted by Crippen LogP contribution is 2.25. The molecule has 0 spiro atoms. The van der Waals surface area contributed by atoms with Crippen LogP contribution in [0.3, 0.4) is 0 Å². The van der Waals surface area contributed by atoms with E-state index in [1.165, 1.54) is 24.3 Å². The molecule has 7 nitrogen and oxygen atoms in total.